The van der Waals surface area contributed by atoms with E-state index < -0.39 is 11.9 Å². The van der Waals surface area contributed by atoms with Crippen LogP contribution >= 0.6 is 0 Å². The van der Waals surface area contributed by atoms with Crippen LogP contribution in [0.1, 0.15) is 27.8 Å². The minimum absolute atomic E-state index is 0.322. The Balaban J connectivity index is 1.71. The topological polar surface area (TPSA) is 75.6 Å². The zero-order valence-electron chi connectivity index (χ0n) is 14.0. The van der Waals surface area contributed by atoms with Gasteiger partial charge in [-0.2, -0.15) is 0 Å². The number of rotatable bonds is 4. The van der Waals surface area contributed by atoms with Gasteiger partial charge in [-0.15, -0.1) is 0 Å². The van der Waals surface area contributed by atoms with Crippen LogP contribution in [0.25, 0.3) is 11.0 Å². The monoisotopic (exact) mass is 349 g/mol. The summed E-state index contributed by atoms with van der Waals surface area (Å²) in [6, 6.07) is 10.8. The zero-order valence-corrected chi connectivity index (χ0v) is 14.0. The lowest BCUT2D eigenvalue weighted by Crippen LogP contribution is -2.31. The molecule has 0 aliphatic heterocycles. The van der Waals surface area contributed by atoms with Crippen molar-refractivity contribution in [2.45, 2.75) is 6.04 Å². The van der Waals surface area contributed by atoms with Gasteiger partial charge in [0.25, 0.3) is 5.91 Å². The molecule has 2 N–H and O–H groups in total. The molecule has 0 aliphatic carbocycles. The summed E-state index contributed by atoms with van der Waals surface area (Å²) < 4.78 is 16.1. The molecule has 0 bridgehead atoms. The number of halogens is 1. The minimum Gasteiger partial charge on any atom is -0.345 e. The van der Waals surface area contributed by atoms with E-state index in [1.807, 2.05) is 0 Å². The number of amides is 1. The fourth-order valence-electron chi connectivity index (χ4n) is 2.94. The van der Waals surface area contributed by atoms with E-state index in [1.54, 1.807) is 66.7 Å². The van der Waals surface area contributed by atoms with Crippen molar-refractivity contribution in [3.63, 3.8) is 0 Å². The maximum absolute atomic E-state index is 14.4. The van der Waals surface area contributed by atoms with Gasteiger partial charge in [-0.25, -0.2) is 14.4 Å². The molecule has 2 aromatic heterocycles. The molecule has 4 rings (SSSR count). The molecule has 0 aliphatic rings. The maximum Gasteiger partial charge on any atom is 0.252 e. The fraction of sp³-hybridized carbons (Fsp3) is 0.105. The third-order valence-corrected chi connectivity index (χ3v) is 4.29. The lowest BCUT2D eigenvalue weighted by atomic mass is 10.0. The molecule has 0 radical (unpaired) electrons. The third kappa shape index (κ3) is 2.83. The number of carbonyl (C=O) groups is 1. The standard InChI is InChI=1S/C19H16FN5O/c1-25-9-8-21-18(25)17(13-4-2-3-5-14(13)20)24-19(26)12-6-7-15-16(10-12)23-11-22-15/h2-11,17H,1H3,(H,22,23)(H,24,26). The van der Waals surface area contributed by atoms with Gasteiger partial charge in [0.2, 0.25) is 0 Å². The summed E-state index contributed by atoms with van der Waals surface area (Å²) in [5, 5.41) is 2.89. The number of nitrogens with one attached hydrogen (secondary N) is 2. The van der Waals surface area contributed by atoms with Crippen molar-refractivity contribution in [3.05, 3.63) is 84.0 Å². The predicted octanol–water partition coefficient (Wildman–Crippen LogP) is 2.95. The average molecular weight is 349 g/mol. The Labute approximate surface area is 148 Å². The molecule has 1 unspecified atom stereocenters. The number of hydrogen-bond acceptors (Lipinski definition) is 3. The Bertz CT molecular complexity index is 1080. The van der Waals surface area contributed by atoms with E-state index in [9.17, 15) is 9.18 Å². The van der Waals surface area contributed by atoms with Gasteiger partial charge in [-0.05, 0) is 24.3 Å². The Morgan fingerprint density at radius 2 is 2.08 bits per heavy atom. The Hall–Kier alpha value is -3.48. The molecular formula is C19H16FN5O. The second-order valence-electron chi connectivity index (χ2n) is 5.96. The van der Waals surface area contributed by atoms with Crippen molar-refractivity contribution < 1.29 is 9.18 Å². The van der Waals surface area contributed by atoms with Gasteiger partial charge >= 0.3 is 0 Å². The highest BCUT2D eigenvalue weighted by atomic mass is 19.1. The molecule has 1 atom stereocenters. The molecule has 0 saturated carbocycles. The third-order valence-electron chi connectivity index (χ3n) is 4.29. The van der Waals surface area contributed by atoms with Crippen LogP contribution in [-0.2, 0) is 7.05 Å². The highest BCUT2D eigenvalue weighted by Crippen LogP contribution is 2.24. The van der Waals surface area contributed by atoms with Gasteiger partial charge in [0.05, 0.1) is 17.4 Å². The smallest absolute Gasteiger partial charge is 0.252 e. The van der Waals surface area contributed by atoms with Crippen LogP contribution in [0.2, 0.25) is 0 Å². The quantitative estimate of drug-likeness (QED) is 0.595. The van der Waals surface area contributed by atoms with E-state index in [1.165, 1.54) is 6.07 Å². The molecule has 7 heteroatoms. The van der Waals surface area contributed by atoms with E-state index >= 15 is 0 Å². The van der Waals surface area contributed by atoms with Gasteiger partial charge < -0.3 is 14.9 Å². The summed E-state index contributed by atoms with van der Waals surface area (Å²) in [7, 11) is 1.80. The molecule has 2 heterocycles. The van der Waals surface area contributed by atoms with Crippen LogP contribution in [0.15, 0.2) is 61.2 Å². The molecular weight excluding hydrogens is 333 g/mol. The van der Waals surface area contributed by atoms with Crippen LogP contribution in [-0.4, -0.2) is 25.4 Å². The first kappa shape index (κ1) is 16.0. The van der Waals surface area contributed by atoms with Crippen molar-refractivity contribution in [1.29, 1.82) is 0 Å². The van der Waals surface area contributed by atoms with E-state index in [2.05, 4.69) is 20.3 Å². The maximum atomic E-state index is 14.4. The summed E-state index contributed by atoms with van der Waals surface area (Å²) >= 11 is 0. The molecule has 0 fully saturated rings. The van der Waals surface area contributed by atoms with Crippen molar-refractivity contribution in [1.82, 2.24) is 24.8 Å². The number of hydrogen-bond donors (Lipinski definition) is 2. The molecule has 130 valence electrons. The SMILES string of the molecule is Cn1ccnc1C(NC(=O)c1ccc2nc[nH]c2c1)c1ccccc1F. The Morgan fingerprint density at radius 1 is 1.23 bits per heavy atom. The van der Waals surface area contributed by atoms with E-state index in [4.69, 9.17) is 0 Å². The van der Waals surface area contributed by atoms with E-state index in [0.717, 1.165) is 11.0 Å². The normalized spacial score (nSPS) is 12.2. The van der Waals surface area contributed by atoms with Gasteiger partial charge in [-0.3, -0.25) is 4.79 Å². The van der Waals surface area contributed by atoms with Crippen molar-refractivity contribution in [3.8, 4) is 0 Å². The van der Waals surface area contributed by atoms with Crippen molar-refractivity contribution in [2.24, 2.45) is 7.05 Å². The highest BCUT2D eigenvalue weighted by molar-refractivity contribution is 5.97. The molecule has 2 aromatic carbocycles. The minimum atomic E-state index is -0.707. The van der Waals surface area contributed by atoms with Crippen LogP contribution < -0.4 is 5.32 Å². The molecule has 0 saturated heterocycles. The average Bonchev–Trinajstić information content (AvgIpc) is 3.28. The molecule has 26 heavy (non-hydrogen) atoms. The molecule has 0 spiro atoms. The van der Waals surface area contributed by atoms with Crippen LogP contribution in [0.5, 0.6) is 0 Å². The molecule has 4 aromatic rings. The number of nitrogens with zero attached hydrogens (tertiary/aromatic N) is 3. The Kier molecular flexibility index (Phi) is 3.96. The summed E-state index contributed by atoms with van der Waals surface area (Å²) in [4.78, 5) is 24.2. The first-order valence-corrected chi connectivity index (χ1v) is 8.09. The number of aromatic nitrogens is 4. The van der Waals surface area contributed by atoms with Crippen LogP contribution in [0.4, 0.5) is 4.39 Å². The van der Waals surface area contributed by atoms with Gasteiger partial charge in [0.15, 0.2) is 0 Å². The highest BCUT2D eigenvalue weighted by Gasteiger charge is 2.24. The lowest BCUT2D eigenvalue weighted by molar-refractivity contribution is 0.0941. The number of fused-ring (bicyclic) bond motifs is 1. The first-order chi connectivity index (χ1) is 12.6. The second-order valence-corrected chi connectivity index (χ2v) is 5.96. The van der Waals surface area contributed by atoms with Gasteiger partial charge in [-0.1, -0.05) is 18.2 Å². The van der Waals surface area contributed by atoms with Crippen molar-refractivity contribution >= 4 is 16.9 Å². The predicted molar refractivity (Wildman–Crippen MR) is 95.0 cm³/mol. The van der Waals surface area contributed by atoms with Crippen molar-refractivity contribution in [2.75, 3.05) is 0 Å². The number of imidazole rings is 2. The first-order valence-electron chi connectivity index (χ1n) is 8.09. The molecule has 1 amide bonds. The molecule has 6 nitrogen and oxygen atoms in total. The number of aryl methyl sites for hydroxylation is 1. The van der Waals surface area contributed by atoms with Crippen LogP contribution in [0, 0.1) is 5.82 Å². The number of carbonyl (C=O) groups excluding carboxylic acids is 1. The van der Waals surface area contributed by atoms with Gasteiger partial charge in [0, 0.05) is 30.6 Å². The summed E-state index contributed by atoms with van der Waals surface area (Å²) in [5.74, 6) is -0.173. The Morgan fingerprint density at radius 3 is 2.85 bits per heavy atom. The summed E-state index contributed by atoms with van der Waals surface area (Å²) in [5.41, 5.74) is 2.35. The van der Waals surface area contributed by atoms with E-state index in [-0.39, 0.29) is 5.91 Å². The number of H-pyrrole nitrogens is 1. The second kappa shape index (κ2) is 6.44. The van der Waals surface area contributed by atoms with Gasteiger partial charge in [0.1, 0.15) is 17.7 Å². The fourth-order valence-corrected chi connectivity index (χ4v) is 2.94. The van der Waals surface area contributed by atoms with Crippen LogP contribution in [0.3, 0.4) is 0 Å². The largest absolute Gasteiger partial charge is 0.345 e. The summed E-state index contributed by atoms with van der Waals surface area (Å²) in [6.45, 7) is 0. The van der Waals surface area contributed by atoms with E-state index in [0.29, 0.717) is 17.0 Å². The number of aromatic amines is 1. The number of benzene rings is 2. The zero-order chi connectivity index (χ0) is 18.1. The lowest BCUT2D eigenvalue weighted by Gasteiger charge is -2.19. The summed E-state index contributed by atoms with van der Waals surface area (Å²) in [6.07, 6.45) is 4.94.